The molecule has 0 aromatic heterocycles. The number of likely N-dealkylation sites (N-methyl/N-ethyl adjacent to an activating group) is 2. The number of carbonyl (C=O) groups is 4. The first kappa shape index (κ1) is 32.3. The lowest BCUT2D eigenvalue weighted by Gasteiger charge is -2.41. The van der Waals surface area contributed by atoms with Gasteiger partial charge >= 0.3 is 5.97 Å². The van der Waals surface area contributed by atoms with Crippen molar-refractivity contribution in [2.75, 3.05) is 47.4 Å². The Morgan fingerprint density at radius 3 is 2.15 bits per heavy atom. The van der Waals surface area contributed by atoms with Crippen LogP contribution in [0.15, 0.2) is 0 Å². The minimum atomic E-state index is -0.664. The molecule has 3 aliphatic rings. The summed E-state index contributed by atoms with van der Waals surface area (Å²) in [6.45, 7) is 12.9. The average molecular weight is 564 g/mol. The Kier molecular flexibility index (Phi) is 11.0. The number of nitrogens with one attached hydrogen (secondary N) is 1. The van der Waals surface area contributed by atoms with Gasteiger partial charge in [0.1, 0.15) is 12.1 Å². The van der Waals surface area contributed by atoms with Gasteiger partial charge in [-0.3, -0.25) is 24.2 Å². The third kappa shape index (κ3) is 7.35. The second kappa shape index (κ2) is 13.6. The van der Waals surface area contributed by atoms with Crippen molar-refractivity contribution in [2.24, 2.45) is 11.3 Å². The number of hydrogen-bond acceptors (Lipinski definition) is 7. The summed E-state index contributed by atoms with van der Waals surface area (Å²) in [5.74, 6) is -0.416. The molecular formula is C30H53N5O5. The normalized spacial score (nSPS) is 26.0. The van der Waals surface area contributed by atoms with Gasteiger partial charge in [-0.25, -0.2) is 4.79 Å². The monoisotopic (exact) mass is 563 g/mol. The highest BCUT2D eigenvalue weighted by molar-refractivity contribution is 5.91. The number of nitrogens with zero attached hydrogens (tertiary/aromatic N) is 4. The van der Waals surface area contributed by atoms with Crippen molar-refractivity contribution in [3.05, 3.63) is 0 Å². The minimum Gasteiger partial charge on any atom is -0.467 e. The van der Waals surface area contributed by atoms with Gasteiger partial charge in [-0.2, -0.15) is 0 Å². The summed E-state index contributed by atoms with van der Waals surface area (Å²) in [7, 11) is 5.17. The zero-order valence-electron chi connectivity index (χ0n) is 26.1. The Labute approximate surface area is 241 Å². The smallest absolute Gasteiger partial charge is 0.328 e. The fourth-order valence-electron chi connectivity index (χ4n) is 6.61. The third-order valence-corrected chi connectivity index (χ3v) is 9.17. The molecule has 3 fully saturated rings. The van der Waals surface area contributed by atoms with Gasteiger partial charge < -0.3 is 19.9 Å². The molecule has 10 heteroatoms. The third-order valence-electron chi connectivity index (χ3n) is 9.17. The number of amides is 3. The van der Waals surface area contributed by atoms with E-state index in [1.807, 2.05) is 34.9 Å². The lowest BCUT2D eigenvalue weighted by atomic mass is 9.84. The molecule has 0 aliphatic carbocycles. The molecule has 3 rings (SSSR count). The van der Waals surface area contributed by atoms with Crippen LogP contribution in [0.4, 0.5) is 0 Å². The zero-order valence-corrected chi connectivity index (χ0v) is 26.1. The van der Waals surface area contributed by atoms with Crippen molar-refractivity contribution in [2.45, 2.75) is 110 Å². The predicted octanol–water partition coefficient (Wildman–Crippen LogP) is 2.11. The molecule has 0 aromatic carbocycles. The minimum absolute atomic E-state index is 0.0154. The maximum absolute atomic E-state index is 14.0. The summed E-state index contributed by atoms with van der Waals surface area (Å²) in [4.78, 5) is 61.0. The Morgan fingerprint density at radius 1 is 0.925 bits per heavy atom. The predicted molar refractivity (Wildman–Crippen MR) is 154 cm³/mol. The molecule has 10 nitrogen and oxygen atoms in total. The van der Waals surface area contributed by atoms with Gasteiger partial charge in [0.05, 0.1) is 19.2 Å². The van der Waals surface area contributed by atoms with E-state index in [0.717, 1.165) is 51.6 Å². The lowest BCUT2D eigenvalue weighted by Crippen LogP contribution is -2.61. The topological polar surface area (TPSA) is 102 Å². The van der Waals surface area contributed by atoms with E-state index in [9.17, 15) is 19.2 Å². The maximum Gasteiger partial charge on any atom is 0.328 e. The van der Waals surface area contributed by atoms with Gasteiger partial charge in [0.25, 0.3) is 0 Å². The molecule has 40 heavy (non-hydrogen) atoms. The number of rotatable bonds is 9. The molecule has 0 radical (unpaired) electrons. The molecule has 228 valence electrons. The molecular weight excluding hydrogens is 510 g/mol. The van der Waals surface area contributed by atoms with Crippen LogP contribution in [0.25, 0.3) is 0 Å². The Hall–Kier alpha value is -2.20. The molecule has 3 aliphatic heterocycles. The number of methoxy groups -OCH3 is 1. The summed E-state index contributed by atoms with van der Waals surface area (Å²) in [5.41, 5.74) is -0.472. The van der Waals surface area contributed by atoms with Gasteiger partial charge in [0, 0.05) is 26.2 Å². The SMILES string of the molecule is COC(=O)C1CCCN1C(=O)C1CCCN1C[C@H](C(C)C)N(C)C(=O)C(NC(=O)C1CCCCN1C)C(C)(C)C. The van der Waals surface area contributed by atoms with Gasteiger partial charge in [0.2, 0.25) is 17.7 Å². The van der Waals surface area contributed by atoms with Crippen molar-refractivity contribution >= 4 is 23.7 Å². The number of carbonyl (C=O) groups excluding carboxylic acids is 4. The number of piperidine rings is 1. The van der Waals surface area contributed by atoms with Crippen LogP contribution in [0.2, 0.25) is 0 Å². The molecule has 3 amide bonds. The van der Waals surface area contributed by atoms with Crippen LogP contribution < -0.4 is 5.32 Å². The van der Waals surface area contributed by atoms with Crippen LogP contribution in [0.5, 0.6) is 0 Å². The Balaban J connectivity index is 1.74. The van der Waals surface area contributed by atoms with E-state index in [1.54, 1.807) is 9.80 Å². The maximum atomic E-state index is 14.0. The molecule has 0 aromatic rings. The van der Waals surface area contributed by atoms with Crippen LogP contribution in [-0.4, -0.2) is 121 Å². The molecule has 0 spiro atoms. The van der Waals surface area contributed by atoms with Gasteiger partial charge in [-0.05, 0) is 70.0 Å². The average Bonchev–Trinajstić information content (AvgIpc) is 3.58. The van der Waals surface area contributed by atoms with E-state index in [2.05, 4.69) is 29.0 Å². The Bertz CT molecular complexity index is 919. The molecule has 4 unspecified atom stereocenters. The molecule has 0 saturated carbocycles. The number of esters is 1. The molecule has 3 saturated heterocycles. The van der Waals surface area contributed by atoms with Crippen LogP contribution in [0.3, 0.4) is 0 Å². The largest absolute Gasteiger partial charge is 0.467 e. The fourth-order valence-corrected chi connectivity index (χ4v) is 6.61. The second-order valence-corrected chi connectivity index (χ2v) is 13.4. The van der Waals surface area contributed by atoms with Crippen LogP contribution in [0.1, 0.15) is 79.6 Å². The summed E-state index contributed by atoms with van der Waals surface area (Å²) in [6, 6.07) is -1.84. The first-order chi connectivity index (χ1) is 18.8. The van der Waals surface area contributed by atoms with Crippen LogP contribution in [0, 0.1) is 11.3 Å². The molecule has 3 heterocycles. The second-order valence-electron chi connectivity index (χ2n) is 13.4. The molecule has 0 bridgehead atoms. The van der Waals surface area contributed by atoms with Crippen molar-refractivity contribution in [3.63, 3.8) is 0 Å². The summed E-state index contributed by atoms with van der Waals surface area (Å²) in [5, 5.41) is 3.12. The first-order valence-electron chi connectivity index (χ1n) is 15.2. The van der Waals surface area contributed by atoms with E-state index < -0.39 is 17.5 Å². The highest BCUT2D eigenvalue weighted by atomic mass is 16.5. The van der Waals surface area contributed by atoms with Gasteiger partial charge in [-0.1, -0.05) is 41.0 Å². The Morgan fingerprint density at radius 2 is 1.55 bits per heavy atom. The zero-order chi connectivity index (χ0) is 29.8. The first-order valence-corrected chi connectivity index (χ1v) is 15.2. The summed E-state index contributed by atoms with van der Waals surface area (Å²) in [6.07, 6.45) is 5.96. The van der Waals surface area contributed by atoms with Gasteiger partial charge in [-0.15, -0.1) is 0 Å². The van der Waals surface area contributed by atoms with Crippen LogP contribution >= 0.6 is 0 Å². The van der Waals surface area contributed by atoms with Crippen molar-refractivity contribution < 1.29 is 23.9 Å². The molecule has 1 N–H and O–H groups in total. The highest BCUT2D eigenvalue weighted by Gasteiger charge is 2.43. The van der Waals surface area contributed by atoms with Crippen molar-refractivity contribution in [1.29, 1.82) is 0 Å². The van der Waals surface area contributed by atoms with E-state index in [-0.39, 0.29) is 47.7 Å². The standard InChI is InChI=1S/C30H53N5O5/c1-20(2)24(19-34-17-11-14-22(34)27(37)35-18-12-15-23(35)29(39)40-8)33(7)28(38)25(30(3,4)5)31-26(36)21-13-9-10-16-32(21)6/h20-25H,9-19H2,1-8H3,(H,31,36)/t21?,22?,23?,24-,25?/m1/s1. The van der Waals surface area contributed by atoms with E-state index in [1.165, 1.54) is 7.11 Å². The quantitative estimate of drug-likeness (QED) is 0.429. The van der Waals surface area contributed by atoms with Crippen molar-refractivity contribution in [1.82, 2.24) is 24.9 Å². The van der Waals surface area contributed by atoms with Crippen molar-refractivity contribution in [3.8, 4) is 0 Å². The van der Waals surface area contributed by atoms with E-state index in [0.29, 0.717) is 19.5 Å². The summed E-state index contributed by atoms with van der Waals surface area (Å²) < 4.78 is 4.96. The lowest BCUT2D eigenvalue weighted by molar-refractivity contribution is -0.152. The number of likely N-dealkylation sites (tertiary alicyclic amines) is 3. The van der Waals surface area contributed by atoms with Crippen LogP contribution in [-0.2, 0) is 23.9 Å². The summed E-state index contributed by atoms with van der Waals surface area (Å²) >= 11 is 0. The molecule has 5 atom stereocenters. The van der Waals surface area contributed by atoms with Gasteiger partial charge in [0.15, 0.2) is 0 Å². The highest BCUT2D eigenvalue weighted by Crippen LogP contribution is 2.28. The number of hydrogen-bond donors (Lipinski definition) is 1. The van der Waals surface area contributed by atoms with E-state index in [4.69, 9.17) is 4.74 Å². The number of ether oxygens (including phenoxy) is 1. The fraction of sp³-hybridized carbons (Fsp3) is 0.867. The van der Waals surface area contributed by atoms with E-state index >= 15 is 0 Å².